The van der Waals surface area contributed by atoms with Gasteiger partial charge in [0.2, 0.25) is 0 Å². The van der Waals surface area contributed by atoms with Gasteiger partial charge in [-0.15, -0.1) is 0 Å². The molecule has 3 rings (SSSR count). The minimum absolute atomic E-state index is 0.102. The monoisotopic (exact) mass is 291 g/mol. The Morgan fingerprint density at radius 1 is 0.818 bits per heavy atom. The second kappa shape index (κ2) is 6.76. The minimum atomic E-state index is -0.102. The summed E-state index contributed by atoms with van der Waals surface area (Å²) in [6, 6.07) is 21.7. The fraction of sp³-hybridized carbons (Fsp3) is 0.105. The van der Waals surface area contributed by atoms with Crippen LogP contribution in [0.2, 0.25) is 0 Å². The summed E-state index contributed by atoms with van der Waals surface area (Å²) in [6.07, 6.45) is 2.18. The molecule has 0 fully saturated rings. The summed E-state index contributed by atoms with van der Waals surface area (Å²) in [7, 11) is 0. The van der Waals surface area contributed by atoms with E-state index < -0.39 is 0 Å². The number of aromatic amines is 1. The van der Waals surface area contributed by atoms with Crippen molar-refractivity contribution in [3.8, 4) is 5.75 Å². The van der Waals surface area contributed by atoms with Crippen molar-refractivity contribution >= 4 is 0 Å². The molecule has 110 valence electrons. The van der Waals surface area contributed by atoms with Crippen LogP contribution in [0.1, 0.15) is 16.7 Å². The molecular formula is C19H17NO2. The van der Waals surface area contributed by atoms with Crippen LogP contribution in [0, 0.1) is 0 Å². The van der Waals surface area contributed by atoms with Gasteiger partial charge in [-0.1, -0.05) is 60.7 Å². The molecule has 0 bridgehead atoms. The van der Waals surface area contributed by atoms with Gasteiger partial charge in [-0.25, -0.2) is 0 Å². The lowest BCUT2D eigenvalue weighted by molar-refractivity contribution is 0.302. The SMILES string of the molecule is O=c1[nH]ccc(OCc2ccccc2)c1Cc1ccccc1. The predicted molar refractivity (Wildman–Crippen MR) is 87.1 cm³/mol. The van der Waals surface area contributed by atoms with E-state index >= 15 is 0 Å². The number of H-pyrrole nitrogens is 1. The number of aromatic nitrogens is 1. The molecular weight excluding hydrogens is 274 g/mol. The smallest absolute Gasteiger partial charge is 0.255 e. The van der Waals surface area contributed by atoms with Crippen LogP contribution >= 0.6 is 0 Å². The highest BCUT2D eigenvalue weighted by Gasteiger charge is 2.09. The molecule has 0 atom stereocenters. The highest BCUT2D eigenvalue weighted by Crippen LogP contribution is 2.18. The Labute approximate surface area is 129 Å². The third-order valence-electron chi connectivity index (χ3n) is 3.48. The number of pyridine rings is 1. The zero-order valence-electron chi connectivity index (χ0n) is 12.2. The molecule has 3 aromatic rings. The maximum absolute atomic E-state index is 12.1. The van der Waals surface area contributed by atoms with Crippen LogP contribution in [-0.4, -0.2) is 4.98 Å². The van der Waals surface area contributed by atoms with Crippen molar-refractivity contribution in [1.82, 2.24) is 4.98 Å². The van der Waals surface area contributed by atoms with Crippen LogP contribution in [0.15, 0.2) is 77.7 Å². The molecule has 0 saturated carbocycles. The molecule has 0 saturated heterocycles. The molecule has 0 aliphatic heterocycles. The van der Waals surface area contributed by atoms with Gasteiger partial charge in [0.1, 0.15) is 12.4 Å². The Bertz CT molecular complexity index is 779. The molecule has 1 N–H and O–H groups in total. The Balaban J connectivity index is 1.82. The number of ether oxygens (including phenoxy) is 1. The van der Waals surface area contributed by atoms with Crippen LogP contribution in [0.25, 0.3) is 0 Å². The third kappa shape index (κ3) is 3.44. The fourth-order valence-electron chi connectivity index (χ4n) is 2.33. The standard InChI is InChI=1S/C19H17NO2/c21-19-17(13-15-7-3-1-4-8-15)18(11-12-20-19)22-14-16-9-5-2-6-10-16/h1-12H,13-14H2,(H,20,21). The summed E-state index contributed by atoms with van der Waals surface area (Å²) in [6.45, 7) is 0.450. The largest absolute Gasteiger partial charge is 0.488 e. The van der Waals surface area contributed by atoms with Crippen molar-refractivity contribution in [3.05, 3.63) is 100.0 Å². The summed E-state index contributed by atoms with van der Waals surface area (Å²) in [5.74, 6) is 0.636. The van der Waals surface area contributed by atoms with Gasteiger partial charge in [0.05, 0.1) is 5.56 Å². The van der Waals surface area contributed by atoms with Crippen molar-refractivity contribution in [3.63, 3.8) is 0 Å². The van der Waals surface area contributed by atoms with Crippen molar-refractivity contribution in [1.29, 1.82) is 0 Å². The molecule has 1 aromatic heterocycles. The third-order valence-corrected chi connectivity index (χ3v) is 3.48. The Morgan fingerprint density at radius 2 is 1.45 bits per heavy atom. The summed E-state index contributed by atoms with van der Waals surface area (Å²) < 4.78 is 5.86. The van der Waals surface area contributed by atoms with E-state index in [-0.39, 0.29) is 5.56 Å². The van der Waals surface area contributed by atoms with E-state index in [0.29, 0.717) is 24.3 Å². The van der Waals surface area contributed by atoms with Gasteiger partial charge in [-0.3, -0.25) is 4.79 Å². The van der Waals surface area contributed by atoms with E-state index in [1.807, 2.05) is 66.7 Å². The summed E-state index contributed by atoms with van der Waals surface area (Å²) >= 11 is 0. The molecule has 3 heteroatoms. The van der Waals surface area contributed by atoms with Crippen LogP contribution in [-0.2, 0) is 13.0 Å². The molecule has 0 aliphatic rings. The maximum Gasteiger partial charge on any atom is 0.255 e. The Hall–Kier alpha value is -2.81. The van der Waals surface area contributed by atoms with Crippen molar-refractivity contribution in [2.75, 3.05) is 0 Å². The first kappa shape index (κ1) is 14.1. The quantitative estimate of drug-likeness (QED) is 0.781. The summed E-state index contributed by atoms with van der Waals surface area (Å²) in [4.78, 5) is 14.8. The summed E-state index contributed by atoms with van der Waals surface area (Å²) in [5.41, 5.74) is 2.72. The number of benzene rings is 2. The van der Waals surface area contributed by atoms with Gasteiger partial charge >= 0.3 is 0 Å². The van der Waals surface area contributed by atoms with Gasteiger partial charge in [-0.05, 0) is 17.2 Å². The molecule has 2 aromatic carbocycles. The normalized spacial score (nSPS) is 10.4. The highest BCUT2D eigenvalue weighted by atomic mass is 16.5. The van der Waals surface area contributed by atoms with Crippen LogP contribution in [0.5, 0.6) is 5.75 Å². The lowest BCUT2D eigenvalue weighted by Crippen LogP contribution is -2.14. The van der Waals surface area contributed by atoms with Crippen molar-refractivity contribution in [2.45, 2.75) is 13.0 Å². The molecule has 1 heterocycles. The second-order valence-electron chi connectivity index (χ2n) is 5.09. The van der Waals surface area contributed by atoms with Gasteiger partial charge in [0.15, 0.2) is 0 Å². The predicted octanol–water partition coefficient (Wildman–Crippen LogP) is 3.54. The van der Waals surface area contributed by atoms with E-state index in [1.54, 1.807) is 6.20 Å². The minimum Gasteiger partial charge on any atom is -0.488 e. The number of hydrogen-bond donors (Lipinski definition) is 1. The first-order valence-electron chi connectivity index (χ1n) is 7.24. The molecule has 0 aliphatic carbocycles. The van der Waals surface area contributed by atoms with E-state index in [1.165, 1.54) is 0 Å². The van der Waals surface area contributed by atoms with Crippen LogP contribution < -0.4 is 10.3 Å². The lowest BCUT2D eigenvalue weighted by atomic mass is 10.1. The zero-order valence-corrected chi connectivity index (χ0v) is 12.2. The molecule has 0 amide bonds. The zero-order chi connectivity index (χ0) is 15.2. The molecule has 0 radical (unpaired) electrons. The first-order chi connectivity index (χ1) is 10.8. The van der Waals surface area contributed by atoms with Crippen LogP contribution in [0.4, 0.5) is 0 Å². The van der Waals surface area contributed by atoms with Gasteiger partial charge < -0.3 is 9.72 Å². The van der Waals surface area contributed by atoms with E-state index in [2.05, 4.69) is 4.98 Å². The number of rotatable bonds is 5. The molecule has 0 unspecified atom stereocenters. The Morgan fingerprint density at radius 3 is 2.14 bits per heavy atom. The second-order valence-corrected chi connectivity index (χ2v) is 5.09. The molecule has 3 nitrogen and oxygen atoms in total. The van der Waals surface area contributed by atoms with Crippen LogP contribution in [0.3, 0.4) is 0 Å². The van der Waals surface area contributed by atoms with E-state index in [0.717, 1.165) is 11.1 Å². The van der Waals surface area contributed by atoms with E-state index in [9.17, 15) is 4.79 Å². The lowest BCUT2D eigenvalue weighted by Gasteiger charge is -2.11. The average Bonchev–Trinajstić information content (AvgIpc) is 2.57. The maximum atomic E-state index is 12.1. The molecule has 0 spiro atoms. The van der Waals surface area contributed by atoms with Gasteiger partial charge in [-0.2, -0.15) is 0 Å². The van der Waals surface area contributed by atoms with Crippen molar-refractivity contribution < 1.29 is 4.74 Å². The first-order valence-corrected chi connectivity index (χ1v) is 7.24. The van der Waals surface area contributed by atoms with Gasteiger partial charge in [0.25, 0.3) is 5.56 Å². The number of hydrogen-bond acceptors (Lipinski definition) is 2. The highest BCUT2D eigenvalue weighted by molar-refractivity contribution is 5.35. The number of nitrogens with one attached hydrogen (secondary N) is 1. The Kier molecular flexibility index (Phi) is 4.35. The van der Waals surface area contributed by atoms with Gasteiger partial charge in [0, 0.05) is 12.6 Å². The molecule has 22 heavy (non-hydrogen) atoms. The average molecular weight is 291 g/mol. The fourth-order valence-corrected chi connectivity index (χ4v) is 2.33. The van der Waals surface area contributed by atoms with Crippen molar-refractivity contribution in [2.24, 2.45) is 0 Å². The topological polar surface area (TPSA) is 42.1 Å². The summed E-state index contributed by atoms with van der Waals surface area (Å²) in [5, 5.41) is 0. The van der Waals surface area contributed by atoms with E-state index in [4.69, 9.17) is 4.74 Å².